The number of fused-ring (bicyclic) bond motifs is 1. The minimum atomic E-state index is -1.30. The van der Waals surface area contributed by atoms with E-state index in [1.165, 1.54) is 0 Å². The van der Waals surface area contributed by atoms with Crippen molar-refractivity contribution in [3.8, 4) is 0 Å². The molecule has 0 spiro atoms. The maximum Gasteiger partial charge on any atom is 0.136 e. The number of nitrogens with one attached hydrogen (secondary N) is 1. The fourth-order valence-electron chi connectivity index (χ4n) is 1.38. The van der Waals surface area contributed by atoms with E-state index in [0.29, 0.717) is 5.52 Å². The number of benzene rings is 1. The van der Waals surface area contributed by atoms with Gasteiger partial charge in [-0.25, -0.2) is 4.98 Å². The van der Waals surface area contributed by atoms with E-state index in [1.807, 2.05) is 12.1 Å². The van der Waals surface area contributed by atoms with Gasteiger partial charge in [0.15, 0.2) is 0 Å². The lowest BCUT2D eigenvalue weighted by Gasteiger charge is -2.07. The van der Waals surface area contributed by atoms with Crippen LogP contribution in [0.15, 0.2) is 24.3 Å². The molecular formula is C10H9N2O3-. The average molecular weight is 205 g/mol. The first-order valence-electron chi connectivity index (χ1n) is 4.49. The molecule has 5 nitrogen and oxygen atoms in total. The van der Waals surface area contributed by atoms with Crippen molar-refractivity contribution in [2.45, 2.75) is 12.5 Å². The molecule has 0 aliphatic rings. The van der Waals surface area contributed by atoms with Gasteiger partial charge < -0.3 is 20.0 Å². The molecule has 0 saturated heterocycles. The number of imidazole rings is 1. The number of aliphatic hydroxyl groups is 1. The molecule has 0 aliphatic carbocycles. The highest BCUT2D eigenvalue weighted by molar-refractivity contribution is 5.75. The Kier molecular flexibility index (Phi) is 2.39. The van der Waals surface area contributed by atoms with Crippen LogP contribution >= 0.6 is 0 Å². The number of aromatic amines is 1. The summed E-state index contributed by atoms with van der Waals surface area (Å²) in [7, 11) is 0. The van der Waals surface area contributed by atoms with Crippen molar-refractivity contribution in [3.05, 3.63) is 30.1 Å². The SMILES string of the molecule is O=C([O-])C[C@H](O)c1nc2ccccc2[nH]1. The van der Waals surface area contributed by atoms with Crippen molar-refractivity contribution in [2.75, 3.05) is 0 Å². The third kappa shape index (κ3) is 1.97. The van der Waals surface area contributed by atoms with Crippen LogP contribution in [0.5, 0.6) is 0 Å². The van der Waals surface area contributed by atoms with E-state index < -0.39 is 18.5 Å². The summed E-state index contributed by atoms with van der Waals surface area (Å²) < 4.78 is 0. The smallest absolute Gasteiger partial charge is 0.136 e. The van der Waals surface area contributed by atoms with Crippen LogP contribution in [0, 0.1) is 0 Å². The highest BCUT2D eigenvalue weighted by Crippen LogP contribution is 2.17. The van der Waals surface area contributed by atoms with Gasteiger partial charge in [0.05, 0.1) is 11.0 Å². The molecule has 0 radical (unpaired) electrons. The summed E-state index contributed by atoms with van der Waals surface area (Å²) in [5.41, 5.74) is 1.47. The lowest BCUT2D eigenvalue weighted by atomic mass is 10.2. The van der Waals surface area contributed by atoms with Gasteiger partial charge in [-0.1, -0.05) is 12.1 Å². The number of nitrogens with zero attached hydrogens (tertiary/aromatic N) is 1. The Balaban J connectivity index is 2.32. The highest BCUT2D eigenvalue weighted by atomic mass is 16.4. The molecule has 1 aromatic heterocycles. The molecule has 2 aromatic rings. The standard InChI is InChI=1S/C10H10N2O3/c13-8(5-9(14)15)10-11-6-3-1-2-4-7(6)12-10/h1-4,8,13H,5H2,(H,11,12)(H,14,15)/p-1/t8-/m0/s1. The number of aliphatic hydroxyl groups excluding tert-OH is 1. The number of aromatic nitrogens is 2. The number of hydrogen-bond donors (Lipinski definition) is 2. The van der Waals surface area contributed by atoms with Crippen LogP contribution in [0.25, 0.3) is 11.0 Å². The number of rotatable bonds is 3. The van der Waals surface area contributed by atoms with Gasteiger partial charge in [0.2, 0.25) is 0 Å². The van der Waals surface area contributed by atoms with E-state index in [0.717, 1.165) is 5.52 Å². The molecule has 15 heavy (non-hydrogen) atoms. The molecule has 0 bridgehead atoms. The van der Waals surface area contributed by atoms with Gasteiger partial charge in [0, 0.05) is 12.4 Å². The molecule has 0 unspecified atom stereocenters. The predicted molar refractivity (Wildman–Crippen MR) is 50.7 cm³/mol. The number of carboxylic acids is 1. The van der Waals surface area contributed by atoms with E-state index in [-0.39, 0.29) is 5.82 Å². The second-order valence-electron chi connectivity index (χ2n) is 3.23. The summed E-state index contributed by atoms with van der Waals surface area (Å²) in [4.78, 5) is 17.2. The quantitative estimate of drug-likeness (QED) is 0.722. The zero-order valence-corrected chi connectivity index (χ0v) is 7.80. The molecule has 1 heterocycles. The van der Waals surface area contributed by atoms with Crippen molar-refractivity contribution in [2.24, 2.45) is 0 Å². The van der Waals surface area contributed by atoms with Crippen LogP contribution in [-0.2, 0) is 4.79 Å². The number of aliphatic carboxylic acids is 1. The van der Waals surface area contributed by atoms with Crippen molar-refractivity contribution in [1.82, 2.24) is 9.97 Å². The first-order valence-corrected chi connectivity index (χ1v) is 4.49. The Morgan fingerprint density at radius 2 is 2.27 bits per heavy atom. The largest absolute Gasteiger partial charge is 0.550 e. The minimum absolute atomic E-state index is 0.250. The van der Waals surface area contributed by atoms with Gasteiger partial charge in [-0.05, 0) is 12.1 Å². The van der Waals surface area contributed by atoms with Crippen LogP contribution in [0.4, 0.5) is 0 Å². The first-order chi connectivity index (χ1) is 7.16. The summed E-state index contributed by atoms with van der Waals surface area (Å²) in [6.07, 6.45) is -1.61. The lowest BCUT2D eigenvalue weighted by Crippen LogP contribution is -2.24. The van der Waals surface area contributed by atoms with E-state index in [4.69, 9.17) is 0 Å². The van der Waals surface area contributed by atoms with Crippen molar-refractivity contribution >= 4 is 17.0 Å². The number of hydrogen-bond acceptors (Lipinski definition) is 4. The zero-order chi connectivity index (χ0) is 10.8. The van der Waals surface area contributed by atoms with Gasteiger partial charge in [-0.2, -0.15) is 0 Å². The Bertz CT molecular complexity index is 459. The monoisotopic (exact) mass is 205 g/mol. The Morgan fingerprint density at radius 1 is 1.53 bits per heavy atom. The Morgan fingerprint density at radius 3 is 2.93 bits per heavy atom. The molecule has 0 amide bonds. The molecule has 2 rings (SSSR count). The van der Waals surface area contributed by atoms with E-state index in [2.05, 4.69) is 9.97 Å². The van der Waals surface area contributed by atoms with Crippen molar-refractivity contribution in [3.63, 3.8) is 0 Å². The van der Waals surface area contributed by atoms with Gasteiger partial charge in [-0.3, -0.25) is 0 Å². The summed E-state index contributed by atoms with van der Waals surface area (Å²) in [6, 6.07) is 7.23. The van der Waals surface area contributed by atoms with Gasteiger partial charge in [-0.15, -0.1) is 0 Å². The van der Waals surface area contributed by atoms with Crippen LogP contribution in [0.3, 0.4) is 0 Å². The number of carboxylic acid groups (broad SMARTS) is 1. The van der Waals surface area contributed by atoms with E-state index in [9.17, 15) is 15.0 Å². The molecule has 0 fully saturated rings. The Hall–Kier alpha value is -1.88. The first kappa shape index (κ1) is 9.67. The fourth-order valence-corrected chi connectivity index (χ4v) is 1.38. The van der Waals surface area contributed by atoms with Crippen LogP contribution < -0.4 is 5.11 Å². The van der Waals surface area contributed by atoms with Gasteiger partial charge in [0.1, 0.15) is 11.9 Å². The normalized spacial score (nSPS) is 12.9. The summed E-state index contributed by atoms with van der Waals surface area (Å²) >= 11 is 0. The predicted octanol–water partition coefficient (Wildman–Crippen LogP) is -0.264. The summed E-state index contributed by atoms with van der Waals surface area (Å²) in [5.74, 6) is -1.05. The van der Waals surface area contributed by atoms with Crippen LogP contribution in [0.2, 0.25) is 0 Å². The second-order valence-corrected chi connectivity index (χ2v) is 3.23. The third-order valence-electron chi connectivity index (χ3n) is 2.08. The van der Waals surface area contributed by atoms with Crippen molar-refractivity contribution < 1.29 is 15.0 Å². The number of para-hydroxylation sites is 2. The van der Waals surface area contributed by atoms with Crippen LogP contribution in [-0.4, -0.2) is 21.0 Å². The summed E-state index contributed by atoms with van der Waals surface area (Å²) in [6.45, 7) is 0. The van der Waals surface area contributed by atoms with Crippen LogP contribution in [0.1, 0.15) is 18.3 Å². The number of carbonyl (C=O) groups is 1. The zero-order valence-electron chi connectivity index (χ0n) is 7.80. The van der Waals surface area contributed by atoms with Gasteiger partial charge in [0.25, 0.3) is 0 Å². The fraction of sp³-hybridized carbons (Fsp3) is 0.200. The maximum atomic E-state index is 10.3. The van der Waals surface area contributed by atoms with E-state index in [1.54, 1.807) is 12.1 Å². The third-order valence-corrected chi connectivity index (χ3v) is 2.08. The topological polar surface area (TPSA) is 89.0 Å². The maximum absolute atomic E-state index is 10.3. The molecule has 78 valence electrons. The second kappa shape index (κ2) is 3.70. The molecular weight excluding hydrogens is 196 g/mol. The molecule has 5 heteroatoms. The molecule has 0 saturated carbocycles. The van der Waals surface area contributed by atoms with E-state index >= 15 is 0 Å². The molecule has 1 aromatic carbocycles. The van der Waals surface area contributed by atoms with Crippen molar-refractivity contribution in [1.29, 1.82) is 0 Å². The Labute approximate surface area is 85.4 Å². The average Bonchev–Trinajstić information content (AvgIpc) is 2.59. The molecule has 0 aliphatic heterocycles. The number of carbonyl (C=O) groups excluding carboxylic acids is 1. The number of H-pyrrole nitrogens is 1. The minimum Gasteiger partial charge on any atom is -0.550 e. The lowest BCUT2D eigenvalue weighted by molar-refractivity contribution is -0.307. The molecule has 1 atom stereocenters. The molecule has 2 N–H and O–H groups in total. The highest BCUT2D eigenvalue weighted by Gasteiger charge is 2.12. The van der Waals surface area contributed by atoms with Gasteiger partial charge >= 0.3 is 0 Å². The summed E-state index contributed by atoms with van der Waals surface area (Å²) in [5, 5.41) is 19.8.